The first-order chi connectivity index (χ1) is 13.0. The van der Waals surface area contributed by atoms with Gasteiger partial charge < -0.3 is 9.88 Å². The van der Waals surface area contributed by atoms with Crippen molar-refractivity contribution in [1.29, 1.82) is 0 Å². The quantitative estimate of drug-likeness (QED) is 0.609. The molecule has 0 aliphatic carbocycles. The van der Waals surface area contributed by atoms with Crippen molar-refractivity contribution >= 4 is 29.3 Å². The summed E-state index contributed by atoms with van der Waals surface area (Å²) in [4.78, 5) is 12.1. The molecule has 0 bridgehead atoms. The highest BCUT2D eigenvalue weighted by molar-refractivity contribution is 7.98. The number of nitrogens with one attached hydrogen (secondary N) is 1. The van der Waals surface area contributed by atoms with Gasteiger partial charge in [-0.1, -0.05) is 59.8 Å². The molecule has 0 aliphatic rings. The molecule has 1 N–H and O–H groups in total. The van der Waals surface area contributed by atoms with Crippen LogP contribution in [0.5, 0.6) is 0 Å². The molecule has 0 saturated heterocycles. The van der Waals surface area contributed by atoms with Crippen LogP contribution in [-0.4, -0.2) is 20.7 Å². The summed E-state index contributed by atoms with van der Waals surface area (Å²) in [5, 5.41) is 12.0. The molecule has 27 heavy (non-hydrogen) atoms. The zero-order valence-corrected chi connectivity index (χ0v) is 16.2. The number of hydrogen-bond donors (Lipinski definition) is 1. The maximum atomic E-state index is 13.8. The monoisotopic (exact) mass is 404 g/mol. The molecule has 1 amide bonds. The van der Waals surface area contributed by atoms with Crippen LogP contribution in [0.3, 0.4) is 0 Å². The van der Waals surface area contributed by atoms with E-state index in [1.54, 1.807) is 17.8 Å². The molecule has 5 nitrogen and oxygen atoms in total. The molecule has 0 fully saturated rings. The molecule has 140 valence electrons. The van der Waals surface area contributed by atoms with Gasteiger partial charge in [-0.05, 0) is 17.7 Å². The van der Waals surface area contributed by atoms with Crippen LogP contribution in [0.4, 0.5) is 4.39 Å². The molecule has 0 saturated carbocycles. The lowest BCUT2D eigenvalue weighted by Crippen LogP contribution is -2.26. The van der Waals surface area contributed by atoms with Gasteiger partial charge >= 0.3 is 0 Å². The average molecular weight is 405 g/mol. The van der Waals surface area contributed by atoms with E-state index in [1.807, 2.05) is 29.8 Å². The second kappa shape index (κ2) is 9.01. The SMILES string of the molecule is Cn1c(CNC(=O)Cc2c(F)cccc2Cl)nnc1SCc1ccccc1. The zero-order chi connectivity index (χ0) is 19.2. The van der Waals surface area contributed by atoms with E-state index < -0.39 is 5.82 Å². The topological polar surface area (TPSA) is 59.8 Å². The Morgan fingerprint density at radius 1 is 1.19 bits per heavy atom. The summed E-state index contributed by atoms with van der Waals surface area (Å²) in [7, 11) is 1.85. The molecule has 0 atom stereocenters. The summed E-state index contributed by atoms with van der Waals surface area (Å²) >= 11 is 7.53. The Kier molecular flexibility index (Phi) is 6.47. The number of carbonyl (C=O) groups excluding carboxylic acids is 1. The molecule has 8 heteroatoms. The fourth-order valence-electron chi connectivity index (χ4n) is 2.45. The summed E-state index contributed by atoms with van der Waals surface area (Å²) in [6.07, 6.45) is -0.126. The first-order valence-corrected chi connectivity index (χ1v) is 9.65. The normalized spacial score (nSPS) is 10.8. The zero-order valence-electron chi connectivity index (χ0n) is 14.7. The molecule has 1 heterocycles. The minimum absolute atomic E-state index is 0.126. The van der Waals surface area contributed by atoms with Crippen molar-refractivity contribution in [2.24, 2.45) is 7.05 Å². The van der Waals surface area contributed by atoms with E-state index in [1.165, 1.54) is 17.7 Å². The van der Waals surface area contributed by atoms with Gasteiger partial charge in [-0.15, -0.1) is 10.2 Å². The van der Waals surface area contributed by atoms with Gasteiger partial charge in [0, 0.05) is 23.4 Å². The lowest BCUT2D eigenvalue weighted by Gasteiger charge is -2.08. The van der Waals surface area contributed by atoms with Crippen LogP contribution in [0.2, 0.25) is 5.02 Å². The van der Waals surface area contributed by atoms with E-state index in [0.29, 0.717) is 5.82 Å². The Morgan fingerprint density at radius 2 is 1.96 bits per heavy atom. The number of halogens is 2. The Bertz CT molecular complexity index is 912. The van der Waals surface area contributed by atoms with Gasteiger partial charge in [-0.25, -0.2) is 4.39 Å². The summed E-state index contributed by atoms with van der Waals surface area (Å²) in [6, 6.07) is 14.4. The third-order valence-electron chi connectivity index (χ3n) is 3.98. The summed E-state index contributed by atoms with van der Waals surface area (Å²) in [6.45, 7) is 0.209. The standard InChI is InChI=1S/C19H18ClFN4OS/c1-25-17(23-24-19(25)27-12-13-6-3-2-4-7-13)11-22-18(26)10-14-15(20)8-5-9-16(14)21/h2-9H,10-12H2,1H3,(H,22,26). The van der Waals surface area contributed by atoms with E-state index in [4.69, 9.17) is 11.6 Å². The molecular formula is C19H18ClFN4OS. The summed E-state index contributed by atoms with van der Waals surface area (Å²) in [5.74, 6) is 0.586. The van der Waals surface area contributed by atoms with Gasteiger partial charge in [0.2, 0.25) is 5.91 Å². The third kappa shape index (κ3) is 5.08. The van der Waals surface area contributed by atoms with Crippen molar-refractivity contribution in [2.45, 2.75) is 23.9 Å². The number of aromatic nitrogens is 3. The van der Waals surface area contributed by atoms with Gasteiger partial charge in [0.1, 0.15) is 5.82 Å². The molecule has 2 aromatic carbocycles. The lowest BCUT2D eigenvalue weighted by atomic mass is 10.1. The number of rotatable bonds is 7. The van der Waals surface area contributed by atoms with Crippen LogP contribution >= 0.6 is 23.4 Å². The number of thioether (sulfide) groups is 1. The molecular weight excluding hydrogens is 387 g/mol. The van der Waals surface area contributed by atoms with Gasteiger partial charge in [-0.2, -0.15) is 0 Å². The van der Waals surface area contributed by atoms with Crippen molar-refractivity contribution < 1.29 is 9.18 Å². The first-order valence-electron chi connectivity index (χ1n) is 8.29. The van der Waals surface area contributed by atoms with Crippen LogP contribution in [0, 0.1) is 5.82 Å². The molecule has 3 rings (SSSR count). The van der Waals surface area contributed by atoms with Gasteiger partial charge in [0.15, 0.2) is 11.0 Å². The number of nitrogens with zero attached hydrogens (tertiary/aromatic N) is 3. The number of carbonyl (C=O) groups is 1. The molecule has 3 aromatic rings. The van der Waals surface area contributed by atoms with E-state index in [-0.39, 0.29) is 29.5 Å². The van der Waals surface area contributed by atoms with Crippen LogP contribution in [0.1, 0.15) is 17.0 Å². The van der Waals surface area contributed by atoms with Gasteiger partial charge in [0.05, 0.1) is 13.0 Å². The fraction of sp³-hybridized carbons (Fsp3) is 0.211. The second-order valence-corrected chi connectivity index (χ2v) is 7.24. The number of hydrogen-bond acceptors (Lipinski definition) is 4. The fourth-order valence-corrected chi connectivity index (χ4v) is 3.56. The maximum absolute atomic E-state index is 13.8. The summed E-state index contributed by atoms with van der Waals surface area (Å²) in [5.41, 5.74) is 1.39. The molecule has 0 spiro atoms. The molecule has 0 radical (unpaired) electrons. The average Bonchev–Trinajstić information content (AvgIpc) is 3.02. The van der Waals surface area contributed by atoms with Crippen LogP contribution in [0.15, 0.2) is 53.7 Å². The Hall–Kier alpha value is -2.38. The first kappa shape index (κ1) is 19.4. The largest absolute Gasteiger partial charge is 0.349 e. The van der Waals surface area contributed by atoms with Crippen molar-refractivity contribution in [3.8, 4) is 0 Å². The molecule has 0 aliphatic heterocycles. The second-order valence-electron chi connectivity index (χ2n) is 5.89. The highest BCUT2D eigenvalue weighted by Crippen LogP contribution is 2.21. The Labute approximate surface area is 166 Å². The van der Waals surface area contributed by atoms with Crippen molar-refractivity contribution in [3.63, 3.8) is 0 Å². The Morgan fingerprint density at radius 3 is 2.70 bits per heavy atom. The third-order valence-corrected chi connectivity index (χ3v) is 5.42. The Balaban J connectivity index is 1.55. The molecule has 1 aromatic heterocycles. The van der Waals surface area contributed by atoms with Crippen molar-refractivity contribution in [2.75, 3.05) is 0 Å². The smallest absolute Gasteiger partial charge is 0.224 e. The van der Waals surface area contributed by atoms with Gasteiger partial charge in [-0.3, -0.25) is 4.79 Å². The van der Waals surface area contributed by atoms with E-state index in [0.717, 1.165) is 10.9 Å². The minimum Gasteiger partial charge on any atom is -0.349 e. The van der Waals surface area contributed by atoms with Crippen LogP contribution < -0.4 is 5.32 Å². The van der Waals surface area contributed by atoms with Gasteiger partial charge in [0.25, 0.3) is 0 Å². The lowest BCUT2D eigenvalue weighted by molar-refractivity contribution is -0.120. The van der Waals surface area contributed by atoms with Crippen LogP contribution in [0.25, 0.3) is 0 Å². The predicted octanol–water partition coefficient (Wildman–Crippen LogP) is 3.76. The number of benzene rings is 2. The highest BCUT2D eigenvalue weighted by atomic mass is 35.5. The summed E-state index contributed by atoms with van der Waals surface area (Å²) < 4.78 is 15.6. The maximum Gasteiger partial charge on any atom is 0.224 e. The van der Waals surface area contributed by atoms with Crippen molar-refractivity contribution in [3.05, 3.63) is 76.3 Å². The number of amides is 1. The molecule has 0 unspecified atom stereocenters. The van der Waals surface area contributed by atoms with Crippen LogP contribution in [-0.2, 0) is 30.6 Å². The van der Waals surface area contributed by atoms with E-state index in [2.05, 4.69) is 27.6 Å². The predicted molar refractivity (Wildman–Crippen MR) is 104 cm³/mol. The van der Waals surface area contributed by atoms with E-state index in [9.17, 15) is 9.18 Å². The van der Waals surface area contributed by atoms with E-state index >= 15 is 0 Å². The highest BCUT2D eigenvalue weighted by Gasteiger charge is 2.14. The van der Waals surface area contributed by atoms with Crippen molar-refractivity contribution in [1.82, 2.24) is 20.1 Å². The minimum atomic E-state index is -0.490.